The maximum atomic E-state index is 12.5. The highest BCUT2D eigenvalue weighted by Crippen LogP contribution is 2.20. The van der Waals surface area contributed by atoms with Crippen LogP contribution in [-0.2, 0) is 6.54 Å². The highest BCUT2D eigenvalue weighted by atomic mass is 16.1. The number of amides is 1. The topological polar surface area (TPSA) is 63.1 Å². The van der Waals surface area contributed by atoms with Gasteiger partial charge >= 0.3 is 0 Å². The molecular formula is C18H25N5O. The van der Waals surface area contributed by atoms with Crippen molar-refractivity contribution in [1.82, 2.24) is 20.1 Å². The third-order valence-electron chi connectivity index (χ3n) is 4.53. The lowest BCUT2D eigenvalue weighted by Gasteiger charge is -2.28. The number of piperidine rings is 1. The fraction of sp³-hybridized carbons (Fsp3) is 0.500. The van der Waals surface area contributed by atoms with E-state index in [9.17, 15) is 4.79 Å². The highest BCUT2D eigenvalue weighted by Gasteiger charge is 2.17. The maximum Gasteiger partial charge on any atom is 0.251 e. The molecule has 1 N–H and O–H groups in total. The minimum absolute atomic E-state index is 0.0849. The standard InChI is InChI=1S/C18H25N5O/c1-3-23-17(19-13-20-23)14(2)21-18(24)15-7-9-16(10-8-15)22-11-5-4-6-12-22/h7-10,13-14H,3-6,11-12H2,1-2H3,(H,21,24)/t14-/m1/s1. The highest BCUT2D eigenvalue weighted by molar-refractivity contribution is 5.94. The molecule has 2 heterocycles. The number of nitrogens with one attached hydrogen (secondary N) is 1. The van der Waals surface area contributed by atoms with Crippen LogP contribution in [0.5, 0.6) is 0 Å². The zero-order chi connectivity index (χ0) is 16.9. The molecule has 1 saturated heterocycles. The summed E-state index contributed by atoms with van der Waals surface area (Å²) < 4.78 is 1.80. The molecule has 6 heteroatoms. The predicted molar refractivity (Wildman–Crippen MR) is 94.1 cm³/mol. The summed E-state index contributed by atoms with van der Waals surface area (Å²) in [6.07, 6.45) is 5.34. The summed E-state index contributed by atoms with van der Waals surface area (Å²) in [6, 6.07) is 7.70. The van der Waals surface area contributed by atoms with Gasteiger partial charge < -0.3 is 10.2 Å². The third kappa shape index (κ3) is 3.58. The van der Waals surface area contributed by atoms with E-state index in [4.69, 9.17) is 0 Å². The summed E-state index contributed by atoms with van der Waals surface area (Å²) in [5.41, 5.74) is 1.87. The zero-order valence-corrected chi connectivity index (χ0v) is 14.4. The molecule has 3 rings (SSSR count). The van der Waals surface area contributed by atoms with Crippen molar-refractivity contribution in [3.05, 3.63) is 42.0 Å². The first-order chi connectivity index (χ1) is 11.7. The molecule has 1 atom stereocenters. The van der Waals surface area contributed by atoms with Crippen molar-refractivity contribution in [2.45, 2.75) is 45.7 Å². The number of carbonyl (C=O) groups excluding carboxylic acids is 1. The monoisotopic (exact) mass is 327 g/mol. The molecule has 1 aliphatic rings. The van der Waals surface area contributed by atoms with Crippen molar-refractivity contribution in [1.29, 1.82) is 0 Å². The van der Waals surface area contributed by atoms with Gasteiger partial charge in [-0.1, -0.05) is 0 Å². The van der Waals surface area contributed by atoms with E-state index in [0.29, 0.717) is 5.56 Å². The summed E-state index contributed by atoms with van der Waals surface area (Å²) in [6.45, 7) is 6.88. The second-order valence-electron chi connectivity index (χ2n) is 6.22. The zero-order valence-electron chi connectivity index (χ0n) is 14.4. The lowest BCUT2D eigenvalue weighted by atomic mass is 10.1. The van der Waals surface area contributed by atoms with Gasteiger partial charge in [-0.15, -0.1) is 0 Å². The second kappa shape index (κ2) is 7.47. The number of nitrogens with zero attached hydrogens (tertiary/aromatic N) is 4. The summed E-state index contributed by atoms with van der Waals surface area (Å²) in [4.78, 5) is 19.1. The average Bonchev–Trinajstić information content (AvgIpc) is 3.11. The first-order valence-electron chi connectivity index (χ1n) is 8.72. The predicted octanol–water partition coefficient (Wildman–Crippen LogP) is 2.78. The average molecular weight is 327 g/mol. The van der Waals surface area contributed by atoms with Crippen molar-refractivity contribution < 1.29 is 4.79 Å². The molecule has 6 nitrogen and oxygen atoms in total. The van der Waals surface area contributed by atoms with Crippen molar-refractivity contribution in [2.24, 2.45) is 0 Å². The van der Waals surface area contributed by atoms with Crippen LogP contribution in [0.2, 0.25) is 0 Å². The van der Waals surface area contributed by atoms with E-state index in [0.717, 1.165) is 25.5 Å². The molecule has 1 aromatic carbocycles. The number of carbonyl (C=O) groups is 1. The molecule has 1 amide bonds. The minimum Gasteiger partial charge on any atom is -0.372 e. The van der Waals surface area contributed by atoms with E-state index in [2.05, 4.69) is 20.3 Å². The largest absolute Gasteiger partial charge is 0.372 e. The molecular weight excluding hydrogens is 302 g/mol. The van der Waals surface area contributed by atoms with Gasteiger partial charge in [0.25, 0.3) is 5.91 Å². The van der Waals surface area contributed by atoms with Gasteiger partial charge in [0.2, 0.25) is 0 Å². The molecule has 0 radical (unpaired) electrons. The maximum absolute atomic E-state index is 12.5. The van der Waals surface area contributed by atoms with Crippen LogP contribution in [0.4, 0.5) is 5.69 Å². The Morgan fingerprint density at radius 2 is 1.92 bits per heavy atom. The summed E-state index contributed by atoms with van der Waals surface area (Å²) in [5.74, 6) is 0.689. The molecule has 128 valence electrons. The van der Waals surface area contributed by atoms with Crippen LogP contribution in [0.25, 0.3) is 0 Å². The molecule has 24 heavy (non-hydrogen) atoms. The number of hydrogen-bond donors (Lipinski definition) is 1. The van der Waals surface area contributed by atoms with Crippen LogP contribution >= 0.6 is 0 Å². The molecule has 1 fully saturated rings. The summed E-state index contributed by atoms with van der Waals surface area (Å²) >= 11 is 0. The van der Waals surface area contributed by atoms with Crippen molar-refractivity contribution in [3.63, 3.8) is 0 Å². The normalized spacial score (nSPS) is 16.0. The Bertz CT molecular complexity index is 673. The molecule has 0 saturated carbocycles. The van der Waals surface area contributed by atoms with Gasteiger partial charge in [0.15, 0.2) is 0 Å². The van der Waals surface area contributed by atoms with E-state index in [-0.39, 0.29) is 11.9 Å². The van der Waals surface area contributed by atoms with Crippen LogP contribution in [-0.4, -0.2) is 33.8 Å². The molecule has 2 aromatic rings. The van der Waals surface area contributed by atoms with Gasteiger partial charge in [0.1, 0.15) is 12.2 Å². The van der Waals surface area contributed by atoms with E-state index in [1.54, 1.807) is 4.68 Å². The summed E-state index contributed by atoms with van der Waals surface area (Å²) in [5, 5.41) is 7.14. The van der Waals surface area contributed by atoms with Crippen molar-refractivity contribution in [3.8, 4) is 0 Å². The van der Waals surface area contributed by atoms with Gasteiger partial charge in [-0.05, 0) is 57.4 Å². The van der Waals surface area contributed by atoms with Gasteiger partial charge in [0, 0.05) is 30.9 Å². The van der Waals surface area contributed by atoms with Crippen LogP contribution in [0.15, 0.2) is 30.6 Å². The molecule has 0 unspecified atom stereocenters. The van der Waals surface area contributed by atoms with Crippen molar-refractivity contribution >= 4 is 11.6 Å². The number of anilines is 1. The minimum atomic E-state index is -0.179. The molecule has 0 spiro atoms. The first kappa shape index (κ1) is 16.5. The smallest absolute Gasteiger partial charge is 0.251 e. The van der Waals surface area contributed by atoms with E-state index in [1.807, 2.05) is 38.1 Å². The van der Waals surface area contributed by atoms with E-state index in [1.165, 1.54) is 31.3 Å². The Kier molecular flexibility index (Phi) is 5.13. The van der Waals surface area contributed by atoms with Crippen LogP contribution in [0.3, 0.4) is 0 Å². The Hall–Kier alpha value is -2.37. The SMILES string of the molecule is CCn1ncnc1[C@@H](C)NC(=O)c1ccc(N2CCCCC2)cc1. The molecule has 1 aromatic heterocycles. The summed E-state index contributed by atoms with van der Waals surface area (Å²) in [7, 11) is 0. The Balaban J connectivity index is 1.64. The third-order valence-corrected chi connectivity index (χ3v) is 4.53. The van der Waals surface area contributed by atoms with Gasteiger partial charge in [-0.2, -0.15) is 5.10 Å². The van der Waals surface area contributed by atoms with Crippen molar-refractivity contribution in [2.75, 3.05) is 18.0 Å². The fourth-order valence-corrected chi connectivity index (χ4v) is 3.17. The van der Waals surface area contributed by atoms with Crippen LogP contribution in [0.1, 0.15) is 55.3 Å². The Morgan fingerprint density at radius 3 is 2.58 bits per heavy atom. The number of rotatable bonds is 5. The number of aryl methyl sites for hydroxylation is 1. The molecule has 1 aliphatic heterocycles. The first-order valence-corrected chi connectivity index (χ1v) is 8.72. The molecule has 0 aliphatic carbocycles. The van der Waals surface area contributed by atoms with E-state index < -0.39 is 0 Å². The van der Waals surface area contributed by atoms with Crippen LogP contribution in [0, 0.1) is 0 Å². The lowest BCUT2D eigenvalue weighted by molar-refractivity contribution is 0.0937. The number of benzene rings is 1. The van der Waals surface area contributed by atoms with Gasteiger partial charge in [-0.3, -0.25) is 4.79 Å². The van der Waals surface area contributed by atoms with E-state index >= 15 is 0 Å². The second-order valence-corrected chi connectivity index (χ2v) is 6.22. The number of aromatic nitrogens is 3. The molecule has 0 bridgehead atoms. The number of hydrogen-bond acceptors (Lipinski definition) is 4. The van der Waals surface area contributed by atoms with Gasteiger partial charge in [-0.25, -0.2) is 9.67 Å². The lowest BCUT2D eigenvalue weighted by Crippen LogP contribution is -2.30. The fourth-order valence-electron chi connectivity index (χ4n) is 3.17. The van der Waals surface area contributed by atoms with Gasteiger partial charge in [0.05, 0.1) is 6.04 Å². The Morgan fingerprint density at radius 1 is 1.21 bits per heavy atom. The Labute approximate surface area is 142 Å². The van der Waals surface area contributed by atoms with Crippen LogP contribution < -0.4 is 10.2 Å². The quantitative estimate of drug-likeness (QED) is 0.917.